The van der Waals surface area contributed by atoms with Gasteiger partial charge in [0.2, 0.25) is 0 Å². The fourth-order valence-electron chi connectivity index (χ4n) is 1.27. The Labute approximate surface area is 103 Å². The summed E-state index contributed by atoms with van der Waals surface area (Å²) in [6, 6.07) is 2.04. The van der Waals surface area contributed by atoms with Crippen molar-refractivity contribution in [1.82, 2.24) is 9.78 Å². The van der Waals surface area contributed by atoms with Crippen molar-refractivity contribution in [2.45, 2.75) is 6.54 Å². The summed E-state index contributed by atoms with van der Waals surface area (Å²) >= 11 is 7.44. The summed E-state index contributed by atoms with van der Waals surface area (Å²) in [5, 5.41) is 6.79. The molecular formula is C11H10ClN3S. The molecule has 5 heteroatoms. The number of aromatic nitrogens is 2. The highest BCUT2D eigenvalue weighted by Gasteiger charge is 2.00. The van der Waals surface area contributed by atoms with Gasteiger partial charge in [-0.1, -0.05) is 23.4 Å². The number of hydrogen-bond acceptors (Lipinski definition) is 3. The average Bonchev–Trinajstić information content (AvgIpc) is 2.86. The van der Waals surface area contributed by atoms with Crippen molar-refractivity contribution in [3.05, 3.63) is 39.3 Å². The van der Waals surface area contributed by atoms with E-state index < -0.39 is 0 Å². The summed E-state index contributed by atoms with van der Waals surface area (Å²) in [6.45, 7) is 1.11. The minimum absolute atomic E-state index is 0.389. The van der Waals surface area contributed by atoms with Crippen LogP contribution in [-0.4, -0.2) is 16.3 Å². The maximum absolute atomic E-state index is 5.78. The Bertz CT molecular complexity index is 533. The SMILES string of the molecule is NCC#Cc1csc(Cn2cc(Cl)cn2)c1. The Hall–Kier alpha value is -1.28. The van der Waals surface area contributed by atoms with E-state index in [-0.39, 0.29) is 0 Å². The molecule has 0 fully saturated rings. The predicted octanol–water partition coefficient (Wildman–Crippen LogP) is 1.96. The smallest absolute Gasteiger partial charge is 0.0785 e. The van der Waals surface area contributed by atoms with Crippen LogP contribution >= 0.6 is 22.9 Å². The molecule has 0 unspecified atom stereocenters. The molecule has 2 heterocycles. The standard InChI is InChI=1S/C11H10ClN3S/c12-10-5-14-15(6-10)7-11-4-9(8-16-11)2-1-3-13/h4-6,8H,3,7,13H2. The third kappa shape index (κ3) is 2.86. The van der Waals surface area contributed by atoms with Crippen LogP contribution in [0.3, 0.4) is 0 Å². The maximum Gasteiger partial charge on any atom is 0.0785 e. The van der Waals surface area contributed by atoms with Crippen LogP contribution in [-0.2, 0) is 6.54 Å². The van der Waals surface area contributed by atoms with Crippen molar-refractivity contribution in [2.75, 3.05) is 6.54 Å². The fraction of sp³-hybridized carbons (Fsp3) is 0.182. The molecule has 0 amide bonds. The molecule has 0 aliphatic carbocycles. The molecule has 0 saturated carbocycles. The molecule has 0 aliphatic heterocycles. The van der Waals surface area contributed by atoms with Crippen molar-refractivity contribution in [3.8, 4) is 11.8 Å². The molecule has 0 saturated heterocycles. The van der Waals surface area contributed by atoms with Crippen LogP contribution in [0.15, 0.2) is 23.8 Å². The van der Waals surface area contributed by atoms with E-state index in [0.717, 1.165) is 12.1 Å². The monoisotopic (exact) mass is 251 g/mol. The number of halogens is 1. The highest BCUT2D eigenvalue weighted by molar-refractivity contribution is 7.10. The first-order valence-electron chi connectivity index (χ1n) is 4.72. The van der Waals surface area contributed by atoms with E-state index in [9.17, 15) is 0 Å². The lowest BCUT2D eigenvalue weighted by atomic mass is 10.3. The van der Waals surface area contributed by atoms with Gasteiger partial charge in [-0.05, 0) is 6.07 Å². The molecule has 3 nitrogen and oxygen atoms in total. The molecule has 0 bridgehead atoms. The molecule has 0 radical (unpaired) electrons. The summed E-state index contributed by atoms with van der Waals surface area (Å²) in [5.41, 5.74) is 6.31. The second kappa shape index (κ2) is 5.17. The van der Waals surface area contributed by atoms with Crippen LogP contribution in [0.4, 0.5) is 0 Å². The normalized spacial score (nSPS) is 9.88. The van der Waals surface area contributed by atoms with Gasteiger partial charge in [-0.3, -0.25) is 4.68 Å². The zero-order chi connectivity index (χ0) is 11.4. The first-order chi connectivity index (χ1) is 7.78. The van der Waals surface area contributed by atoms with Crippen molar-refractivity contribution in [2.24, 2.45) is 5.73 Å². The van der Waals surface area contributed by atoms with Gasteiger partial charge in [-0.25, -0.2) is 0 Å². The largest absolute Gasteiger partial charge is 0.320 e. The van der Waals surface area contributed by atoms with Crippen LogP contribution in [0.2, 0.25) is 5.02 Å². The number of nitrogens with two attached hydrogens (primary N) is 1. The Morgan fingerprint density at radius 3 is 3.12 bits per heavy atom. The lowest BCUT2D eigenvalue weighted by Crippen LogP contribution is -1.97. The summed E-state index contributed by atoms with van der Waals surface area (Å²) in [7, 11) is 0. The van der Waals surface area contributed by atoms with E-state index in [2.05, 4.69) is 16.9 Å². The summed E-state index contributed by atoms with van der Waals surface area (Å²) in [6.07, 6.45) is 3.43. The predicted molar refractivity (Wildman–Crippen MR) is 66.6 cm³/mol. The van der Waals surface area contributed by atoms with E-state index in [1.165, 1.54) is 4.88 Å². The van der Waals surface area contributed by atoms with Gasteiger partial charge in [-0.2, -0.15) is 5.10 Å². The molecule has 0 atom stereocenters. The van der Waals surface area contributed by atoms with Crippen LogP contribution in [0.5, 0.6) is 0 Å². The van der Waals surface area contributed by atoms with Gasteiger partial charge < -0.3 is 5.73 Å². The second-order valence-corrected chi connectivity index (χ2v) is 4.60. The number of nitrogens with zero attached hydrogens (tertiary/aromatic N) is 2. The van der Waals surface area contributed by atoms with Gasteiger partial charge in [0.05, 0.1) is 24.3 Å². The highest BCUT2D eigenvalue weighted by Crippen LogP contribution is 2.16. The molecule has 0 aromatic carbocycles. The third-order valence-corrected chi connectivity index (χ3v) is 3.02. The molecule has 2 aromatic rings. The molecule has 2 aromatic heterocycles. The van der Waals surface area contributed by atoms with Crippen molar-refractivity contribution < 1.29 is 0 Å². The van der Waals surface area contributed by atoms with Gasteiger partial charge in [0.1, 0.15) is 0 Å². The average molecular weight is 252 g/mol. The minimum atomic E-state index is 0.389. The molecule has 0 aliphatic rings. The Balaban J connectivity index is 2.08. The maximum atomic E-state index is 5.78. The minimum Gasteiger partial charge on any atom is -0.320 e. The van der Waals surface area contributed by atoms with Crippen LogP contribution in [0, 0.1) is 11.8 Å². The number of thiophene rings is 1. The first-order valence-corrected chi connectivity index (χ1v) is 5.98. The summed E-state index contributed by atoms with van der Waals surface area (Å²) < 4.78 is 1.80. The summed E-state index contributed by atoms with van der Waals surface area (Å²) in [4.78, 5) is 1.20. The highest BCUT2D eigenvalue weighted by atomic mass is 35.5. The Kier molecular flexibility index (Phi) is 3.62. The Morgan fingerprint density at radius 2 is 2.44 bits per heavy atom. The van der Waals surface area contributed by atoms with E-state index >= 15 is 0 Å². The second-order valence-electron chi connectivity index (χ2n) is 3.16. The van der Waals surface area contributed by atoms with Crippen LogP contribution < -0.4 is 5.73 Å². The van der Waals surface area contributed by atoms with Crippen molar-refractivity contribution in [1.29, 1.82) is 0 Å². The zero-order valence-electron chi connectivity index (χ0n) is 8.48. The third-order valence-electron chi connectivity index (χ3n) is 1.91. The van der Waals surface area contributed by atoms with Gasteiger partial charge in [0.25, 0.3) is 0 Å². The van der Waals surface area contributed by atoms with Gasteiger partial charge in [0, 0.05) is 22.0 Å². The van der Waals surface area contributed by atoms with Gasteiger partial charge in [-0.15, -0.1) is 11.3 Å². The quantitative estimate of drug-likeness (QED) is 0.830. The van der Waals surface area contributed by atoms with Gasteiger partial charge in [0.15, 0.2) is 0 Å². The van der Waals surface area contributed by atoms with Crippen LogP contribution in [0.25, 0.3) is 0 Å². The topological polar surface area (TPSA) is 43.8 Å². The van der Waals surface area contributed by atoms with E-state index in [1.54, 1.807) is 28.4 Å². The number of rotatable bonds is 2. The lowest BCUT2D eigenvalue weighted by Gasteiger charge is -1.95. The molecule has 2 rings (SSSR count). The molecular weight excluding hydrogens is 242 g/mol. The molecule has 82 valence electrons. The molecule has 0 spiro atoms. The van der Waals surface area contributed by atoms with Crippen LogP contribution in [0.1, 0.15) is 10.4 Å². The van der Waals surface area contributed by atoms with Crippen molar-refractivity contribution >= 4 is 22.9 Å². The lowest BCUT2D eigenvalue weighted by molar-refractivity contribution is 0.695. The summed E-state index contributed by atoms with van der Waals surface area (Å²) in [5.74, 6) is 5.82. The molecule has 2 N–H and O–H groups in total. The first kappa shape index (κ1) is 11.2. The Morgan fingerprint density at radius 1 is 1.56 bits per heavy atom. The van der Waals surface area contributed by atoms with E-state index in [1.807, 2.05) is 11.4 Å². The number of hydrogen-bond donors (Lipinski definition) is 1. The fourth-order valence-corrected chi connectivity index (χ4v) is 2.23. The van der Waals surface area contributed by atoms with E-state index in [4.69, 9.17) is 17.3 Å². The zero-order valence-corrected chi connectivity index (χ0v) is 10.1. The van der Waals surface area contributed by atoms with E-state index in [0.29, 0.717) is 11.6 Å². The van der Waals surface area contributed by atoms with Gasteiger partial charge >= 0.3 is 0 Å². The molecule has 16 heavy (non-hydrogen) atoms. The van der Waals surface area contributed by atoms with Crippen molar-refractivity contribution in [3.63, 3.8) is 0 Å².